The average molecular weight is 381 g/mol. The summed E-state index contributed by atoms with van der Waals surface area (Å²) in [7, 11) is 0. The highest BCUT2D eigenvalue weighted by Crippen LogP contribution is 2.32. The van der Waals surface area contributed by atoms with Gasteiger partial charge < -0.3 is 10.4 Å². The van der Waals surface area contributed by atoms with Crippen molar-refractivity contribution in [1.82, 2.24) is 0 Å². The molecule has 1 aromatic heterocycles. The number of halogens is 3. The van der Waals surface area contributed by atoms with Crippen molar-refractivity contribution in [3.8, 4) is 5.75 Å². The maximum Gasteiger partial charge on any atom is 0.166 e. The highest BCUT2D eigenvalue weighted by molar-refractivity contribution is 9.13. The van der Waals surface area contributed by atoms with Crippen LogP contribution in [0.4, 0.5) is 10.1 Å². The van der Waals surface area contributed by atoms with Crippen LogP contribution < -0.4 is 5.32 Å². The van der Waals surface area contributed by atoms with Gasteiger partial charge in [-0.3, -0.25) is 0 Å². The van der Waals surface area contributed by atoms with Crippen LogP contribution in [0.15, 0.2) is 32.5 Å². The van der Waals surface area contributed by atoms with Crippen LogP contribution in [0.2, 0.25) is 0 Å². The van der Waals surface area contributed by atoms with Crippen molar-refractivity contribution in [2.24, 2.45) is 0 Å². The molecule has 6 heteroatoms. The summed E-state index contributed by atoms with van der Waals surface area (Å²) in [6.45, 7) is 0.610. The van der Waals surface area contributed by atoms with Crippen LogP contribution in [-0.4, -0.2) is 5.11 Å². The van der Waals surface area contributed by atoms with Crippen molar-refractivity contribution in [2.45, 2.75) is 6.54 Å². The molecule has 0 aliphatic heterocycles. The first-order chi connectivity index (χ1) is 8.06. The Balaban J connectivity index is 2.04. The number of rotatable bonds is 3. The molecule has 0 radical (unpaired) electrons. The Morgan fingerprint density at radius 2 is 2.06 bits per heavy atom. The van der Waals surface area contributed by atoms with Gasteiger partial charge in [-0.25, -0.2) is 4.39 Å². The van der Waals surface area contributed by atoms with E-state index in [0.29, 0.717) is 12.2 Å². The van der Waals surface area contributed by atoms with Gasteiger partial charge in [-0.1, -0.05) is 0 Å². The first-order valence-electron chi connectivity index (χ1n) is 4.72. The lowest BCUT2D eigenvalue weighted by Crippen LogP contribution is -1.97. The summed E-state index contributed by atoms with van der Waals surface area (Å²) in [5.74, 6) is -0.958. The third-order valence-corrected chi connectivity index (χ3v) is 5.37. The van der Waals surface area contributed by atoms with E-state index in [1.165, 1.54) is 12.1 Å². The van der Waals surface area contributed by atoms with E-state index >= 15 is 0 Å². The topological polar surface area (TPSA) is 32.3 Å². The Hall–Kier alpha value is -0.590. The molecular weight excluding hydrogens is 373 g/mol. The molecule has 0 aliphatic carbocycles. The minimum Gasteiger partial charge on any atom is -0.505 e. The molecule has 0 fully saturated rings. The van der Waals surface area contributed by atoms with Crippen molar-refractivity contribution < 1.29 is 9.50 Å². The van der Waals surface area contributed by atoms with E-state index in [0.717, 1.165) is 13.1 Å². The van der Waals surface area contributed by atoms with E-state index < -0.39 is 5.82 Å². The molecule has 2 rings (SSSR count). The lowest BCUT2D eigenvalue weighted by Gasteiger charge is -2.05. The zero-order valence-electron chi connectivity index (χ0n) is 8.51. The summed E-state index contributed by atoms with van der Waals surface area (Å²) >= 11 is 8.43. The van der Waals surface area contributed by atoms with Gasteiger partial charge in [0.2, 0.25) is 0 Å². The van der Waals surface area contributed by atoms with Crippen LogP contribution in [0.25, 0.3) is 0 Å². The van der Waals surface area contributed by atoms with E-state index in [1.807, 2.05) is 6.07 Å². The smallest absolute Gasteiger partial charge is 0.166 e. The summed E-state index contributed by atoms with van der Waals surface area (Å²) in [6.07, 6.45) is 0. The number of hydrogen-bond acceptors (Lipinski definition) is 3. The summed E-state index contributed by atoms with van der Waals surface area (Å²) in [4.78, 5) is 1.12. The number of hydrogen-bond donors (Lipinski definition) is 2. The van der Waals surface area contributed by atoms with E-state index in [1.54, 1.807) is 17.4 Å². The summed E-state index contributed by atoms with van der Waals surface area (Å²) in [5.41, 5.74) is 0.640. The number of thiophene rings is 1. The van der Waals surface area contributed by atoms with E-state index in [9.17, 15) is 4.39 Å². The molecule has 0 spiro atoms. The lowest BCUT2D eigenvalue weighted by molar-refractivity contribution is 0.432. The SMILES string of the molecule is Oc1ccc(NCc2cc(Br)c(Br)s2)cc1F. The van der Waals surface area contributed by atoms with Gasteiger partial charge in [0.05, 0.1) is 3.79 Å². The van der Waals surface area contributed by atoms with Gasteiger partial charge in [0.25, 0.3) is 0 Å². The van der Waals surface area contributed by atoms with Crippen LogP contribution in [0.5, 0.6) is 5.75 Å². The minimum atomic E-state index is -0.622. The van der Waals surface area contributed by atoms with Crippen molar-refractivity contribution in [2.75, 3.05) is 5.32 Å². The van der Waals surface area contributed by atoms with E-state index in [2.05, 4.69) is 37.2 Å². The highest BCUT2D eigenvalue weighted by atomic mass is 79.9. The molecule has 1 heterocycles. The molecule has 0 unspecified atom stereocenters. The third kappa shape index (κ3) is 3.20. The van der Waals surface area contributed by atoms with Crippen LogP contribution >= 0.6 is 43.2 Å². The van der Waals surface area contributed by atoms with Crippen molar-refractivity contribution in [3.63, 3.8) is 0 Å². The fourth-order valence-corrected chi connectivity index (χ4v) is 3.40. The second kappa shape index (κ2) is 5.37. The molecule has 0 amide bonds. The van der Waals surface area contributed by atoms with Gasteiger partial charge in [-0.05, 0) is 50.1 Å². The molecule has 0 bridgehead atoms. The molecule has 0 saturated carbocycles. The number of phenols is 1. The number of benzene rings is 1. The monoisotopic (exact) mass is 379 g/mol. The Morgan fingerprint density at radius 1 is 1.29 bits per heavy atom. The second-order valence-corrected chi connectivity index (χ2v) is 6.66. The first-order valence-corrected chi connectivity index (χ1v) is 7.12. The van der Waals surface area contributed by atoms with Crippen LogP contribution in [0.3, 0.4) is 0 Å². The van der Waals surface area contributed by atoms with Gasteiger partial charge >= 0.3 is 0 Å². The molecule has 0 atom stereocenters. The normalized spacial score (nSPS) is 10.5. The molecule has 17 heavy (non-hydrogen) atoms. The number of aromatic hydroxyl groups is 1. The molecule has 2 aromatic rings. The molecule has 1 aromatic carbocycles. The Kier molecular flexibility index (Phi) is 4.06. The lowest BCUT2D eigenvalue weighted by atomic mass is 10.3. The summed E-state index contributed by atoms with van der Waals surface area (Å²) < 4.78 is 15.1. The Labute approximate surface area is 119 Å². The van der Waals surface area contributed by atoms with Crippen LogP contribution in [0, 0.1) is 5.82 Å². The number of phenolic OH excluding ortho intramolecular Hbond substituents is 1. The summed E-state index contributed by atoms with van der Waals surface area (Å²) in [6, 6.07) is 6.24. The average Bonchev–Trinajstić information content (AvgIpc) is 2.60. The first kappa shape index (κ1) is 12.9. The van der Waals surface area contributed by atoms with Gasteiger partial charge in [-0.15, -0.1) is 11.3 Å². The third-order valence-electron chi connectivity index (χ3n) is 2.11. The number of anilines is 1. The maximum absolute atomic E-state index is 13.1. The van der Waals surface area contributed by atoms with Gasteiger partial charge in [-0.2, -0.15) is 0 Å². The maximum atomic E-state index is 13.1. The highest BCUT2D eigenvalue weighted by Gasteiger charge is 2.05. The van der Waals surface area contributed by atoms with Gasteiger partial charge in [0, 0.05) is 27.6 Å². The molecular formula is C11H8Br2FNOS. The molecule has 0 saturated heterocycles. The Bertz CT molecular complexity index is 525. The Morgan fingerprint density at radius 3 is 2.65 bits per heavy atom. The fourth-order valence-electron chi connectivity index (χ4n) is 1.28. The molecule has 90 valence electrons. The largest absolute Gasteiger partial charge is 0.505 e. The zero-order chi connectivity index (χ0) is 12.4. The summed E-state index contributed by atoms with van der Waals surface area (Å²) in [5, 5.41) is 12.1. The van der Waals surface area contributed by atoms with Crippen molar-refractivity contribution in [1.29, 1.82) is 0 Å². The molecule has 2 N–H and O–H groups in total. The molecule has 0 aliphatic rings. The van der Waals surface area contributed by atoms with Crippen LogP contribution in [0.1, 0.15) is 4.88 Å². The number of nitrogens with one attached hydrogen (secondary N) is 1. The van der Waals surface area contributed by atoms with Gasteiger partial charge in [0.15, 0.2) is 11.6 Å². The molecule has 2 nitrogen and oxygen atoms in total. The second-order valence-electron chi connectivity index (χ2n) is 3.35. The van der Waals surface area contributed by atoms with Crippen molar-refractivity contribution >= 4 is 48.9 Å². The predicted octanol–water partition coefficient (Wildman–Crippen LogP) is 4.73. The zero-order valence-corrected chi connectivity index (χ0v) is 12.5. The van der Waals surface area contributed by atoms with E-state index in [-0.39, 0.29) is 5.75 Å². The standard InChI is InChI=1S/C11H8Br2FNOS/c12-8-4-7(17-11(8)13)5-15-6-1-2-10(16)9(14)3-6/h1-4,15-16H,5H2. The fraction of sp³-hybridized carbons (Fsp3) is 0.0909. The van der Waals surface area contributed by atoms with Crippen LogP contribution in [-0.2, 0) is 6.54 Å². The van der Waals surface area contributed by atoms with Crippen molar-refractivity contribution in [3.05, 3.63) is 43.2 Å². The predicted molar refractivity (Wildman–Crippen MR) is 75.1 cm³/mol. The quantitative estimate of drug-likeness (QED) is 0.754. The van der Waals surface area contributed by atoms with E-state index in [4.69, 9.17) is 5.11 Å². The van der Waals surface area contributed by atoms with Gasteiger partial charge in [0.1, 0.15) is 0 Å². The minimum absolute atomic E-state index is 0.336.